The van der Waals surface area contributed by atoms with Crippen LogP contribution in [0.1, 0.15) is 34.8 Å². The molecule has 2 aromatic carbocycles. The van der Waals surface area contributed by atoms with Gasteiger partial charge in [-0.2, -0.15) is 0 Å². The number of anilines is 2. The van der Waals surface area contributed by atoms with Crippen molar-refractivity contribution in [1.29, 1.82) is 0 Å². The summed E-state index contributed by atoms with van der Waals surface area (Å²) >= 11 is 0. The smallest absolute Gasteiger partial charge is 0.288 e. The Balaban J connectivity index is 0.000000174. The number of nitrogens with one attached hydrogen (secondary N) is 1. The maximum atomic E-state index is 12.6. The molecule has 190 valence electrons. The number of benzene rings is 2. The molecular formula is C25H29FN6O4. The van der Waals surface area contributed by atoms with Crippen molar-refractivity contribution in [3.05, 3.63) is 65.5 Å². The van der Waals surface area contributed by atoms with E-state index in [9.17, 15) is 14.0 Å². The van der Waals surface area contributed by atoms with Crippen LogP contribution in [0.3, 0.4) is 0 Å². The van der Waals surface area contributed by atoms with Gasteiger partial charge < -0.3 is 25.0 Å². The topological polar surface area (TPSA) is 127 Å². The molecule has 0 bridgehead atoms. The molecule has 1 fully saturated rings. The number of ether oxygens (including phenoxy) is 2. The average molecular weight is 497 g/mol. The number of nitrogens with two attached hydrogens (primary N) is 1. The van der Waals surface area contributed by atoms with Crippen LogP contribution in [0.25, 0.3) is 0 Å². The van der Waals surface area contributed by atoms with Crippen molar-refractivity contribution in [1.82, 2.24) is 15.2 Å². The van der Waals surface area contributed by atoms with Crippen LogP contribution in [0.15, 0.2) is 42.5 Å². The fourth-order valence-electron chi connectivity index (χ4n) is 3.92. The van der Waals surface area contributed by atoms with Crippen LogP contribution in [0, 0.1) is 5.82 Å². The molecule has 0 atom stereocenters. The zero-order valence-electron chi connectivity index (χ0n) is 20.1. The summed E-state index contributed by atoms with van der Waals surface area (Å²) in [7, 11) is 1.81. The van der Waals surface area contributed by atoms with Gasteiger partial charge in [0.25, 0.3) is 5.91 Å². The number of primary amides is 1. The zero-order chi connectivity index (χ0) is 25.5. The number of carbonyl (C=O) groups is 2. The predicted molar refractivity (Wildman–Crippen MR) is 132 cm³/mol. The third kappa shape index (κ3) is 6.36. The normalized spacial score (nSPS) is 15.7. The molecule has 3 aromatic rings. The van der Waals surface area contributed by atoms with Gasteiger partial charge in [-0.25, -0.2) is 9.37 Å². The summed E-state index contributed by atoms with van der Waals surface area (Å²) < 4.78 is 23.8. The molecule has 0 aliphatic carbocycles. The van der Waals surface area contributed by atoms with E-state index in [1.54, 1.807) is 17.0 Å². The van der Waals surface area contributed by atoms with Crippen molar-refractivity contribution in [2.24, 2.45) is 5.73 Å². The highest BCUT2D eigenvalue weighted by atomic mass is 19.1. The fourth-order valence-corrected chi connectivity index (χ4v) is 3.92. The summed E-state index contributed by atoms with van der Waals surface area (Å²) in [6, 6.07) is 12.1. The number of fused-ring (bicyclic) bond motifs is 1. The van der Waals surface area contributed by atoms with E-state index in [1.165, 1.54) is 12.1 Å². The minimum atomic E-state index is -0.679. The lowest BCUT2D eigenvalue weighted by Crippen LogP contribution is -2.27. The van der Waals surface area contributed by atoms with Crippen molar-refractivity contribution in [2.75, 3.05) is 49.8 Å². The minimum Gasteiger partial charge on any atom is -0.491 e. The summed E-state index contributed by atoms with van der Waals surface area (Å²) in [5.41, 5.74) is 7.86. The summed E-state index contributed by atoms with van der Waals surface area (Å²) in [5, 5.41) is 6.24. The van der Waals surface area contributed by atoms with Crippen molar-refractivity contribution in [3.63, 3.8) is 0 Å². The van der Waals surface area contributed by atoms with E-state index in [2.05, 4.69) is 26.1 Å². The molecule has 0 unspecified atom stereocenters. The van der Waals surface area contributed by atoms with Crippen LogP contribution < -0.4 is 20.3 Å². The Bertz CT molecular complexity index is 1190. The van der Waals surface area contributed by atoms with Gasteiger partial charge in [0.2, 0.25) is 11.7 Å². The summed E-state index contributed by atoms with van der Waals surface area (Å²) in [6.45, 7) is 3.90. The molecule has 3 heterocycles. The Labute approximate surface area is 208 Å². The number of halogens is 1. The Morgan fingerprint density at radius 1 is 1.14 bits per heavy atom. The van der Waals surface area contributed by atoms with Crippen LogP contribution in [0.2, 0.25) is 0 Å². The van der Waals surface area contributed by atoms with Crippen LogP contribution in [0.4, 0.5) is 15.8 Å². The highest BCUT2D eigenvalue weighted by Crippen LogP contribution is 2.34. The molecule has 0 saturated carbocycles. The van der Waals surface area contributed by atoms with Crippen LogP contribution in [-0.2, 0) is 16.0 Å². The Hall–Kier alpha value is -3.99. The quantitative estimate of drug-likeness (QED) is 0.567. The number of hydrogen-bond donors (Lipinski definition) is 2. The Morgan fingerprint density at radius 2 is 1.94 bits per heavy atom. The Morgan fingerprint density at radius 3 is 2.69 bits per heavy atom. The predicted octanol–water partition coefficient (Wildman–Crippen LogP) is 2.29. The third-order valence-corrected chi connectivity index (χ3v) is 5.88. The summed E-state index contributed by atoms with van der Waals surface area (Å²) in [6.07, 6.45) is 1.90. The number of H-pyrrole nitrogens is 1. The molecule has 3 N–H and O–H groups in total. The molecule has 1 aromatic heterocycles. The number of rotatable bonds is 4. The number of amides is 2. The number of carbonyl (C=O) groups excluding carboxylic acids is 2. The first-order chi connectivity index (χ1) is 17.4. The van der Waals surface area contributed by atoms with Gasteiger partial charge in [-0.15, -0.1) is 5.10 Å². The number of hydrogen-bond acceptors (Lipinski definition) is 7. The SMILES string of the molecule is CN1C(=O)CCOc2ccc(N3CCCOCC3)cc21.NC(=O)c1n[nH]c(Cc2ccc(F)cc2)n1. The largest absolute Gasteiger partial charge is 0.491 e. The van der Waals surface area contributed by atoms with Crippen LogP contribution in [0.5, 0.6) is 5.75 Å². The van der Waals surface area contributed by atoms with Gasteiger partial charge in [0, 0.05) is 38.9 Å². The lowest BCUT2D eigenvalue weighted by molar-refractivity contribution is -0.118. The molecule has 0 radical (unpaired) electrons. The molecule has 5 rings (SSSR count). The first-order valence-corrected chi connectivity index (χ1v) is 11.7. The standard InChI is InChI=1S/C15H20N2O3.C10H9FN4O/c1-16-13-11-12(17-6-2-8-19-10-7-17)3-4-14(13)20-9-5-15(16)18;11-7-3-1-6(2-4-7)5-8-13-10(9(12)16)15-14-8/h3-4,11H,2,5-10H2,1H3;1-4H,5H2,(H2,12,16)(H,13,14,15). The molecule has 2 aliphatic rings. The van der Waals surface area contributed by atoms with Crippen molar-refractivity contribution < 1.29 is 23.5 Å². The van der Waals surface area contributed by atoms with E-state index in [1.807, 2.05) is 19.2 Å². The first kappa shape index (κ1) is 25.1. The molecular weight excluding hydrogens is 467 g/mol. The van der Waals surface area contributed by atoms with E-state index in [-0.39, 0.29) is 17.5 Å². The molecule has 1 saturated heterocycles. The fraction of sp³-hybridized carbons (Fsp3) is 0.360. The lowest BCUT2D eigenvalue weighted by Gasteiger charge is -2.24. The second kappa shape index (κ2) is 11.6. The molecule has 2 aliphatic heterocycles. The zero-order valence-corrected chi connectivity index (χ0v) is 20.1. The van der Waals surface area contributed by atoms with Gasteiger partial charge in [0.05, 0.1) is 25.3 Å². The first-order valence-electron chi connectivity index (χ1n) is 11.7. The van der Waals surface area contributed by atoms with Gasteiger partial charge in [-0.3, -0.25) is 14.7 Å². The van der Waals surface area contributed by atoms with Gasteiger partial charge in [-0.05, 0) is 42.3 Å². The van der Waals surface area contributed by atoms with E-state index in [0.717, 1.165) is 55.4 Å². The average Bonchev–Trinajstić information content (AvgIpc) is 3.10. The van der Waals surface area contributed by atoms with Crippen LogP contribution in [-0.4, -0.2) is 67.0 Å². The Kier molecular flexibility index (Phi) is 8.11. The molecule has 36 heavy (non-hydrogen) atoms. The maximum Gasteiger partial charge on any atom is 0.288 e. The minimum absolute atomic E-state index is 0.0443. The summed E-state index contributed by atoms with van der Waals surface area (Å²) in [5.74, 6) is 0.381. The van der Waals surface area contributed by atoms with Gasteiger partial charge in [0.15, 0.2) is 0 Å². The van der Waals surface area contributed by atoms with Crippen molar-refractivity contribution >= 4 is 23.2 Å². The van der Waals surface area contributed by atoms with Crippen LogP contribution >= 0.6 is 0 Å². The van der Waals surface area contributed by atoms with E-state index in [4.69, 9.17) is 15.2 Å². The second-order valence-corrected chi connectivity index (χ2v) is 8.43. The van der Waals surface area contributed by atoms with Gasteiger partial charge >= 0.3 is 0 Å². The van der Waals surface area contributed by atoms with E-state index < -0.39 is 5.91 Å². The second-order valence-electron chi connectivity index (χ2n) is 8.43. The van der Waals surface area contributed by atoms with Gasteiger partial charge in [0.1, 0.15) is 17.4 Å². The highest BCUT2D eigenvalue weighted by Gasteiger charge is 2.21. The molecule has 10 nitrogen and oxygen atoms in total. The molecule has 11 heteroatoms. The third-order valence-electron chi connectivity index (χ3n) is 5.88. The monoisotopic (exact) mass is 496 g/mol. The number of nitrogens with zero attached hydrogens (tertiary/aromatic N) is 4. The summed E-state index contributed by atoms with van der Waals surface area (Å²) in [4.78, 5) is 30.6. The lowest BCUT2D eigenvalue weighted by atomic mass is 10.1. The van der Waals surface area contributed by atoms with E-state index >= 15 is 0 Å². The molecule has 2 amide bonds. The number of aromatic nitrogens is 3. The maximum absolute atomic E-state index is 12.6. The van der Waals surface area contributed by atoms with Crippen molar-refractivity contribution in [2.45, 2.75) is 19.3 Å². The molecule has 0 spiro atoms. The van der Waals surface area contributed by atoms with Gasteiger partial charge in [-0.1, -0.05) is 12.1 Å². The van der Waals surface area contributed by atoms with E-state index in [0.29, 0.717) is 25.3 Å². The number of aromatic amines is 1. The highest BCUT2D eigenvalue weighted by molar-refractivity contribution is 5.95. The van der Waals surface area contributed by atoms with Crippen molar-refractivity contribution in [3.8, 4) is 5.75 Å².